The molecule has 4 aromatic rings. The van der Waals surface area contributed by atoms with Crippen molar-refractivity contribution in [1.29, 1.82) is 0 Å². The first-order valence-electron chi connectivity index (χ1n) is 10.3. The Balaban J connectivity index is 1.64. The Kier molecular flexibility index (Phi) is 6.12. The molecule has 1 amide bonds. The molecule has 4 rings (SSSR count). The predicted octanol–water partition coefficient (Wildman–Crippen LogP) is 4.93. The van der Waals surface area contributed by atoms with Crippen molar-refractivity contribution >= 4 is 12.1 Å². The van der Waals surface area contributed by atoms with Crippen LogP contribution in [0.25, 0.3) is 16.9 Å². The zero-order valence-electron chi connectivity index (χ0n) is 18.2. The average molecular weight is 425 g/mol. The maximum Gasteiger partial charge on any atom is 0.291 e. The molecule has 1 aromatic heterocycles. The van der Waals surface area contributed by atoms with Crippen molar-refractivity contribution in [2.45, 2.75) is 13.8 Å². The lowest BCUT2D eigenvalue weighted by Crippen LogP contribution is -2.18. The average Bonchev–Trinajstić information content (AvgIpc) is 3.25. The number of benzene rings is 3. The number of hydrogen-bond acceptors (Lipinski definition) is 4. The van der Waals surface area contributed by atoms with Gasteiger partial charge in [0, 0.05) is 5.56 Å². The first-order valence-corrected chi connectivity index (χ1v) is 10.3. The van der Waals surface area contributed by atoms with Crippen LogP contribution < -0.4 is 10.2 Å². The van der Waals surface area contributed by atoms with E-state index in [1.54, 1.807) is 24.1 Å². The zero-order chi connectivity index (χ0) is 22.5. The second kappa shape index (κ2) is 9.31. The highest BCUT2D eigenvalue weighted by molar-refractivity contribution is 5.94. The number of para-hydroxylation sites is 1. The van der Waals surface area contributed by atoms with E-state index in [1.807, 2.05) is 86.6 Å². The molecule has 160 valence electrons. The van der Waals surface area contributed by atoms with Gasteiger partial charge in [0.1, 0.15) is 5.75 Å². The van der Waals surface area contributed by atoms with Gasteiger partial charge in [0.15, 0.2) is 5.69 Å². The molecule has 0 aliphatic rings. The minimum Gasteiger partial charge on any atom is -0.497 e. The Bertz CT molecular complexity index is 1270. The highest BCUT2D eigenvalue weighted by Crippen LogP contribution is 2.26. The van der Waals surface area contributed by atoms with Crippen LogP contribution in [0.5, 0.6) is 5.75 Å². The lowest BCUT2D eigenvalue weighted by atomic mass is 10.1. The van der Waals surface area contributed by atoms with Crippen molar-refractivity contribution < 1.29 is 9.53 Å². The fraction of sp³-hybridized carbons (Fsp3) is 0.115. The molecule has 0 aliphatic heterocycles. The van der Waals surface area contributed by atoms with E-state index in [1.165, 1.54) is 5.56 Å². The van der Waals surface area contributed by atoms with Gasteiger partial charge in [-0.05, 0) is 49.2 Å². The van der Waals surface area contributed by atoms with Crippen LogP contribution in [0.3, 0.4) is 0 Å². The van der Waals surface area contributed by atoms with Gasteiger partial charge in [-0.3, -0.25) is 4.79 Å². The minimum absolute atomic E-state index is 0.284. The summed E-state index contributed by atoms with van der Waals surface area (Å²) in [6, 6.07) is 25.3. The molecule has 0 unspecified atom stereocenters. The molecule has 6 heteroatoms. The van der Waals surface area contributed by atoms with Crippen molar-refractivity contribution in [2.24, 2.45) is 5.10 Å². The SMILES string of the molecule is COc1cccc(/C=N\NC(=O)c2cc(-c3ccc(C)cc3)n(-c3ccccc3C)n2)c1. The summed E-state index contributed by atoms with van der Waals surface area (Å²) in [5.74, 6) is 0.338. The van der Waals surface area contributed by atoms with Gasteiger partial charge in [0.25, 0.3) is 5.91 Å². The molecule has 32 heavy (non-hydrogen) atoms. The summed E-state index contributed by atoms with van der Waals surface area (Å²) in [6.45, 7) is 4.07. The molecule has 0 bridgehead atoms. The van der Waals surface area contributed by atoms with Gasteiger partial charge >= 0.3 is 0 Å². The third-order valence-electron chi connectivity index (χ3n) is 5.11. The molecule has 3 aromatic carbocycles. The number of carbonyl (C=O) groups excluding carboxylic acids is 1. The van der Waals surface area contributed by atoms with E-state index >= 15 is 0 Å². The van der Waals surface area contributed by atoms with Crippen LogP contribution in [-0.4, -0.2) is 29.0 Å². The third kappa shape index (κ3) is 4.59. The van der Waals surface area contributed by atoms with Crippen LogP contribution in [0.15, 0.2) is 84.0 Å². The number of methoxy groups -OCH3 is 1. The third-order valence-corrected chi connectivity index (χ3v) is 5.11. The Hall–Kier alpha value is -4.19. The zero-order valence-corrected chi connectivity index (χ0v) is 18.2. The molecular weight excluding hydrogens is 400 g/mol. The van der Waals surface area contributed by atoms with Gasteiger partial charge in [0.05, 0.1) is 24.7 Å². The van der Waals surface area contributed by atoms with Gasteiger partial charge in [0.2, 0.25) is 0 Å². The van der Waals surface area contributed by atoms with Crippen LogP contribution in [0, 0.1) is 13.8 Å². The molecular formula is C26H24N4O2. The molecule has 0 saturated heterocycles. The van der Waals surface area contributed by atoms with Gasteiger partial charge in [-0.2, -0.15) is 10.2 Å². The first-order chi connectivity index (χ1) is 15.5. The van der Waals surface area contributed by atoms with Crippen molar-refractivity contribution in [3.8, 4) is 22.7 Å². The summed E-state index contributed by atoms with van der Waals surface area (Å²) in [4.78, 5) is 12.8. The number of ether oxygens (including phenoxy) is 1. The molecule has 1 heterocycles. The van der Waals surface area contributed by atoms with Crippen LogP contribution >= 0.6 is 0 Å². The van der Waals surface area contributed by atoms with E-state index in [2.05, 4.69) is 15.6 Å². The van der Waals surface area contributed by atoms with Gasteiger partial charge in [-0.25, -0.2) is 10.1 Å². The fourth-order valence-corrected chi connectivity index (χ4v) is 3.35. The maximum atomic E-state index is 12.8. The summed E-state index contributed by atoms with van der Waals surface area (Å²) < 4.78 is 7.01. The molecule has 0 spiro atoms. The van der Waals surface area contributed by atoms with E-state index in [-0.39, 0.29) is 11.6 Å². The number of nitrogens with one attached hydrogen (secondary N) is 1. The number of aryl methyl sites for hydroxylation is 2. The monoisotopic (exact) mass is 424 g/mol. The van der Waals surface area contributed by atoms with Crippen molar-refractivity contribution in [3.63, 3.8) is 0 Å². The van der Waals surface area contributed by atoms with E-state index in [9.17, 15) is 4.79 Å². The summed E-state index contributed by atoms with van der Waals surface area (Å²) in [6.07, 6.45) is 1.57. The van der Waals surface area contributed by atoms with Crippen LogP contribution in [-0.2, 0) is 0 Å². The lowest BCUT2D eigenvalue weighted by molar-refractivity contribution is 0.0949. The fourth-order valence-electron chi connectivity index (χ4n) is 3.35. The second-order valence-electron chi connectivity index (χ2n) is 7.45. The van der Waals surface area contributed by atoms with Gasteiger partial charge in [-0.15, -0.1) is 0 Å². The largest absolute Gasteiger partial charge is 0.497 e. The van der Waals surface area contributed by atoms with Crippen molar-refractivity contribution in [1.82, 2.24) is 15.2 Å². The van der Waals surface area contributed by atoms with Gasteiger partial charge in [-0.1, -0.05) is 60.2 Å². The normalized spacial score (nSPS) is 11.0. The summed E-state index contributed by atoms with van der Waals surface area (Å²) in [5, 5.41) is 8.68. The topological polar surface area (TPSA) is 68.5 Å². The molecule has 6 nitrogen and oxygen atoms in total. The van der Waals surface area contributed by atoms with E-state index in [0.717, 1.165) is 33.8 Å². The molecule has 0 fully saturated rings. The Morgan fingerprint density at radius 3 is 2.53 bits per heavy atom. The molecule has 0 saturated carbocycles. The Morgan fingerprint density at radius 1 is 1.00 bits per heavy atom. The molecule has 1 N–H and O–H groups in total. The van der Waals surface area contributed by atoms with E-state index in [0.29, 0.717) is 0 Å². The first kappa shape index (κ1) is 21.1. The Labute approximate surface area is 187 Å². The van der Waals surface area contributed by atoms with Crippen molar-refractivity contribution in [2.75, 3.05) is 7.11 Å². The lowest BCUT2D eigenvalue weighted by Gasteiger charge is -2.10. The number of rotatable bonds is 6. The van der Waals surface area contributed by atoms with Crippen LogP contribution in [0.2, 0.25) is 0 Å². The number of nitrogens with zero attached hydrogens (tertiary/aromatic N) is 3. The smallest absolute Gasteiger partial charge is 0.291 e. The highest BCUT2D eigenvalue weighted by Gasteiger charge is 2.17. The Morgan fingerprint density at radius 2 is 1.78 bits per heavy atom. The molecule has 0 atom stereocenters. The molecule has 0 radical (unpaired) electrons. The maximum absolute atomic E-state index is 12.8. The van der Waals surface area contributed by atoms with Crippen LogP contribution in [0.1, 0.15) is 27.2 Å². The van der Waals surface area contributed by atoms with Gasteiger partial charge < -0.3 is 4.74 Å². The minimum atomic E-state index is -0.384. The van der Waals surface area contributed by atoms with E-state index < -0.39 is 0 Å². The summed E-state index contributed by atoms with van der Waals surface area (Å²) in [5.41, 5.74) is 8.62. The number of carbonyl (C=O) groups is 1. The predicted molar refractivity (Wildman–Crippen MR) is 127 cm³/mol. The second-order valence-corrected chi connectivity index (χ2v) is 7.45. The standard InChI is InChI=1S/C26H24N4O2/c1-18-11-13-21(14-12-18)25-16-23(29-30(25)24-10-5-4-7-19(24)2)26(31)28-27-17-20-8-6-9-22(15-20)32-3/h4-17H,1-3H3,(H,28,31)/b27-17-. The summed E-state index contributed by atoms with van der Waals surface area (Å²) in [7, 11) is 1.61. The van der Waals surface area contributed by atoms with Crippen LogP contribution in [0.4, 0.5) is 0 Å². The van der Waals surface area contributed by atoms with Crippen molar-refractivity contribution in [3.05, 3.63) is 101 Å². The number of hydrogen-bond donors (Lipinski definition) is 1. The number of aromatic nitrogens is 2. The van der Waals surface area contributed by atoms with E-state index in [4.69, 9.17) is 4.74 Å². The quantitative estimate of drug-likeness (QED) is 0.353. The number of amides is 1. The number of hydrazone groups is 1. The molecule has 0 aliphatic carbocycles. The summed E-state index contributed by atoms with van der Waals surface area (Å²) >= 11 is 0. The highest BCUT2D eigenvalue weighted by atomic mass is 16.5.